The van der Waals surface area contributed by atoms with E-state index in [1.165, 1.54) is 4.90 Å². The van der Waals surface area contributed by atoms with E-state index in [1.54, 1.807) is 34.1 Å². The predicted octanol–water partition coefficient (Wildman–Crippen LogP) is -0.0316. The zero-order valence-corrected chi connectivity index (χ0v) is 14.2. The van der Waals surface area contributed by atoms with E-state index in [2.05, 4.69) is 0 Å². The van der Waals surface area contributed by atoms with E-state index in [4.69, 9.17) is 11.6 Å². The Morgan fingerprint density at radius 3 is 2.60 bits per heavy atom. The quantitative estimate of drug-likeness (QED) is 0.759. The highest BCUT2D eigenvalue weighted by Gasteiger charge is 2.51. The lowest BCUT2D eigenvalue weighted by atomic mass is 10.0. The lowest BCUT2D eigenvalue weighted by Crippen LogP contribution is -2.69. The maximum Gasteiger partial charge on any atom is 0.254 e. The van der Waals surface area contributed by atoms with E-state index in [1.807, 2.05) is 0 Å². The Morgan fingerprint density at radius 1 is 1.08 bits per heavy atom. The highest BCUT2D eigenvalue weighted by molar-refractivity contribution is 6.30. The Morgan fingerprint density at radius 2 is 1.84 bits per heavy atom. The number of nitrogens with zero attached hydrogens (tertiary/aromatic N) is 3. The van der Waals surface area contributed by atoms with Crippen LogP contribution in [0.1, 0.15) is 16.8 Å². The maximum atomic E-state index is 12.8. The summed E-state index contributed by atoms with van der Waals surface area (Å²) in [5, 5.41) is 10.3. The van der Waals surface area contributed by atoms with Gasteiger partial charge in [0.25, 0.3) is 5.91 Å². The van der Waals surface area contributed by atoms with Crippen LogP contribution in [0.2, 0.25) is 5.02 Å². The van der Waals surface area contributed by atoms with Crippen LogP contribution < -0.4 is 0 Å². The van der Waals surface area contributed by atoms with Gasteiger partial charge in [-0.15, -0.1) is 0 Å². The highest BCUT2D eigenvalue weighted by atomic mass is 35.5. The zero-order valence-electron chi connectivity index (χ0n) is 13.5. The zero-order chi connectivity index (χ0) is 17.7. The number of hydrogen-bond donors (Lipinski definition) is 1. The van der Waals surface area contributed by atoms with Gasteiger partial charge in [0.2, 0.25) is 11.8 Å². The lowest BCUT2D eigenvalue weighted by Gasteiger charge is -2.47. The average molecular weight is 364 g/mol. The molecule has 1 aromatic carbocycles. The number of carbonyl (C=O) groups excluding carboxylic acids is 3. The fraction of sp³-hybridized carbons (Fsp3) is 0.471. The number of amides is 3. The largest absolute Gasteiger partial charge is 0.391 e. The molecule has 0 unspecified atom stereocenters. The second kappa shape index (κ2) is 6.00. The van der Waals surface area contributed by atoms with Crippen molar-refractivity contribution in [2.75, 3.05) is 26.2 Å². The summed E-state index contributed by atoms with van der Waals surface area (Å²) in [7, 11) is 0. The smallest absolute Gasteiger partial charge is 0.254 e. The van der Waals surface area contributed by atoms with Crippen LogP contribution >= 0.6 is 11.6 Å². The Balaban J connectivity index is 1.55. The predicted molar refractivity (Wildman–Crippen MR) is 89.0 cm³/mol. The number of hydrogen-bond acceptors (Lipinski definition) is 4. The molecular formula is C17H18ClN3O4. The molecule has 0 spiro atoms. The van der Waals surface area contributed by atoms with Crippen molar-refractivity contribution in [1.29, 1.82) is 0 Å². The van der Waals surface area contributed by atoms with Gasteiger partial charge in [-0.2, -0.15) is 0 Å². The SMILES string of the molecule is O=C(c1cccc(Cl)c1)N1CCN2C(=O)[C@@H]3C[C@@H](O)CN3C(=O)[C@H]2C1. The molecule has 3 fully saturated rings. The van der Waals surface area contributed by atoms with Crippen LogP contribution in [0.15, 0.2) is 24.3 Å². The summed E-state index contributed by atoms with van der Waals surface area (Å²) >= 11 is 5.95. The summed E-state index contributed by atoms with van der Waals surface area (Å²) in [6, 6.07) is 5.44. The molecule has 25 heavy (non-hydrogen) atoms. The first-order valence-corrected chi connectivity index (χ1v) is 8.67. The number of piperazine rings is 2. The van der Waals surface area contributed by atoms with Crippen LogP contribution in [0, 0.1) is 0 Å². The molecule has 8 heteroatoms. The third-order valence-corrected chi connectivity index (χ3v) is 5.39. The number of halogens is 1. The maximum absolute atomic E-state index is 12.8. The van der Waals surface area contributed by atoms with Crippen LogP contribution in [0.4, 0.5) is 0 Å². The van der Waals surface area contributed by atoms with Gasteiger partial charge in [0.05, 0.1) is 12.6 Å². The van der Waals surface area contributed by atoms with Crippen molar-refractivity contribution < 1.29 is 19.5 Å². The average Bonchev–Trinajstić information content (AvgIpc) is 3.01. The molecule has 7 nitrogen and oxygen atoms in total. The molecule has 0 bridgehead atoms. The third-order valence-electron chi connectivity index (χ3n) is 5.15. The van der Waals surface area contributed by atoms with Gasteiger partial charge in [0.15, 0.2) is 0 Å². The summed E-state index contributed by atoms with van der Waals surface area (Å²) in [5.74, 6) is -0.522. The Bertz CT molecular complexity index is 755. The van der Waals surface area contributed by atoms with Gasteiger partial charge < -0.3 is 19.8 Å². The van der Waals surface area contributed by atoms with Crippen molar-refractivity contribution in [2.24, 2.45) is 0 Å². The normalized spacial score (nSPS) is 28.9. The lowest BCUT2D eigenvalue weighted by molar-refractivity contribution is -0.162. The topological polar surface area (TPSA) is 81.2 Å². The minimum atomic E-state index is -0.675. The highest BCUT2D eigenvalue weighted by Crippen LogP contribution is 2.29. The van der Waals surface area contributed by atoms with Gasteiger partial charge in [0, 0.05) is 36.6 Å². The van der Waals surface area contributed by atoms with Gasteiger partial charge in [-0.05, 0) is 18.2 Å². The van der Waals surface area contributed by atoms with E-state index in [-0.39, 0.29) is 30.8 Å². The number of aliphatic hydroxyl groups excluding tert-OH is 1. The molecule has 1 N–H and O–H groups in total. The Kier molecular flexibility index (Phi) is 3.92. The number of fused-ring (bicyclic) bond motifs is 2. The number of carbonyl (C=O) groups is 3. The van der Waals surface area contributed by atoms with Crippen molar-refractivity contribution in [3.63, 3.8) is 0 Å². The van der Waals surface area contributed by atoms with Crippen LogP contribution in [-0.2, 0) is 9.59 Å². The molecule has 132 valence electrons. The molecule has 3 aliphatic heterocycles. The molecule has 1 aromatic rings. The fourth-order valence-corrected chi connectivity index (χ4v) is 4.11. The first-order valence-electron chi connectivity index (χ1n) is 8.29. The van der Waals surface area contributed by atoms with Crippen molar-refractivity contribution in [3.8, 4) is 0 Å². The minimum Gasteiger partial charge on any atom is -0.391 e. The van der Waals surface area contributed by atoms with Gasteiger partial charge in [-0.1, -0.05) is 17.7 Å². The first-order chi connectivity index (χ1) is 12.0. The molecular weight excluding hydrogens is 346 g/mol. The van der Waals surface area contributed by atoms with Crippen LogP contribution in [-0.4, -0.2) is 81.9 Å². The van der Waals surface area contributed by atoms with E-state index in [9.17, 15) is 19.5 Å². The molecule has 3 heterocycles. The molecule has 3 atom stereocenters. The van der Waals surface area contributed by atoms with Gasteiger partial charge in [0.1, 0.15) is 12.1 Å². The molecule has 3 aliphatic rings. The van der Waals surface area contributed by atoms with E-state index in [0.717, 1.165) is 0 Å². The first kappa shape index (κ1) is 16.4. The van der Waals surface area contributed by atoms with Crippen molar-refractivity contribution in [1.82, 2.24) is 14.7 Å². The third kappa shape index (κ3) is 2.67. The minimum absolute atomic E-state index is 0.129. The van der Waals surface area contributed by atoms with Gasteiger partial charge in [-0.25, -0.2) is 0 Å². The van der Waals surface area contributed by atoms with Crippen LogP contribution in [0.5, 0.6) is 0 Å². The second-order valence-corrected chi connectivity index (χ2v) is 7.14. The van der Waals surface area contributed by atoms with Gasteiger partial charge in [-0.3, -0.25) is 14.4 Å². The molecule has 3 amide bonds. The number of rotatable bonds is 1. The molecule has 0 aliphatic carbocycles. The molecule has 3 saturated heterocycles. The summed E-state index contributed by atoms with van der Waals surface area (Å²) in [6.45, 7) is 1.04. The van der Waals surface area contributed by atoms with Crippen molar-refractivity contribution in [3.05, 3.63) is 34.9 Å². The molecule has 0 aromatic heterocycles. The Labute approximate surface area is 149 Å². The molecule has 4 rings (SSSR count). The summed E-state index contributed by atoms with van der Waals surface area (Å²) in [6.07, 6.45) is -0.373. The number of aliphatic hydroxyl groups is 1. The van der Waals surface area contributed by atoms with Crippen molar-refractivity contribution >= 4 is 29.3 Å². The second-order valence-electron chi connectivity index (χ2n) is 6.70. The van der Waals surface area contributed by atoms with Crippen LogP contribution in [0.3, 0.4) is 0 Å². The molecule has 0 radical (unpaired) electrons. The monoisotopic (exact) mass is 363 g/mol. The standard InChI is InChI=1S/C17H18ClN3O4/c18-11-3-1-2-10(6-11)15(23)19-4-5-20-14(9-19)17(25)21-8-12(22)7-13(21)16(20)24/h1-3,6,12-14,22H,4-5,7-9H2/t12-,13+,14-/m1/s1. The summed E-state index contributed by atoms with van der Waals surface area (Å²) < 4.78 is 0. The number of benzene rings is 1. The van der Waals surface area contributed by atoms with Crippen molar-refractivity contribution in [2.45, 2.75) is 24.6 Å². The van der Waals surface area contributed by atoms with E-state index >= 15 is 0 Å². The van der Waals surface area contributed by atoms with E-state index < -0.39 is 18.2 Å². The van der Waals surface area contributed by atoms with Crippen LogP contribution in [0.25, 0.3) is 0 Å². The Hall–Kier alpha value is -2.12. The fourth-order valence-electron chi connectivity index (χ4n) is 3.92. The molecule has 0 saturated carbocycles. The van der Waals surface area contributed by atoms with Gasteiger partial charge >= 0.3 is 0 Å². The van der Waals surface area contributed by atoms with E-state index in [0.29, 0.717) is 30.1 Å². The summed E-state index contributed by atoms with van der Waals surface area (Å²) in [4.78, 5) is 42.7. The summed E-state index contributed by atoms with van der Waals surface area (Å²) in [5.41, 5.74) is 0.463.